The number of para-hydroxylation sites is 1. The molecule has 114 valence electrons. The molecule has 2 nitrogen and oxygen atoms in total. The summed E-state index contributed by atoms with van der Waals surface area (Å²) >= 11 is 0. The third-order valence-corrected chi connectivity index (χ3v) is 5.88. The van der Waals surface area contributed by atoms with Crippen LogP contribution in [0.15, 0.2) is 24.3 Å². The molecule has 2 heterocycles. The smallest absolute Gasteiger partial charge is 0.0405 e. The zero-order valence-corrected chi connectivity index (χ0v) is 13.1. The van der Waals surface area contributed by atoms with Crippen LogP contribution >= 0.6 is 0 Å². The van der Waals surface area contributed by atoms with Gasteiger partial charge in [0.2, 0.25) is 0 Å². The topological polar surface area (TPSA) is 6.48 Å². The molecule has 1 saturated heterocycles. The first-order chi connectivity index (χ1) is 10.4. The van der Waals surface area contributed by atoms with Crippen molar-refractivity contribution in [2.75, 3.05) is 31.1 Å². The summed E-state index contributed by atoms with van der Waals surface area (Å²) in [6, 6.07) is 10.0. The van der Waals surface area contributed by atoms with Gasteiger partial charge in [-0.15, -0.1) is 0 Å². The number of hydrogen-bond acceptors (Lipinski definition) is 2. The van der Waals surface area contributed by atoms with Crippen LogP contribution in [0.2, 0.25) is 0 Å². The van der Waals surface area contributed by atoms with Gasteiger partial charge in [0.15, 0.2) is 0 Å². The number of anilines is 1. The summed E-state index contributed by atoms with van der Waals surface area (Å²) in [7, 11) is 0. The van der Waals surface area contributed by atoms with Crippen molar-refractivity contribution in [1.82, 2.24) is 4.90 Å². The predicted molar refractivity (Wildman–Crippen MR) is 89.1 cm³/mol. The number of hydrogen-bond donors (Lipinski definition) is 0. The van der Waals surface area contributed by atoms with E-state index in [0.717, 1.165) is 12.0 Å². The normalized spacial score (nSPS) is 29.2. The minimum Gasteiger partial charge on any atom is -0.366 e. The molecule has 2 unspecified atom stereocenters. The summed E-state index contributed by atoms with van der Waals surface area (Å²) < 4.78 is 0. The lowest BCUT2D eigenvalue weighted by Crippen LogP contribution is -2.42. The molecule has 2 heteroatoms. The van der Waals surface area contributed by atoms with Crippen molar-refractivity contribution >= 4 is 5.69 Å². The van der Waals surface area contributed by atoms with Gasteiger partial charge >= 0.3 is 0 Å². The summed E-state index contributed by atoms with van der Waals surface area (Å²) in [6.45, 7) is 5.14. The van der Waals surface area contributed by atoms with Crippen LogP contribution in [-0.4, -0.2) is 37.1 Å². The molecule has 0 aromatic heterocycles. The second-order valence-electron chi connectivity index (χ2n) is 7.11. The van der Waals surface area contributed by atoms with E-state index in [0.29, 0.717) is 0 Å². The van der Waals surface area contributed by atoms with Gasteiger partial charge < -0.3 is 9.80 Å². The molecule has 1 saturated carbocycles. The lowest BCUT2D eigenvalue weighted by atomic mass is 9.82. The maximum absolute atomic E-state index is 2.76. The average Bonchev–Trinajstić information content (AvgIpc) is 2.88. The monoisotopic (exact) mass is 284 g/mol. The molecule has 1 aliphatic carbocycles. The molecule has 0 amide bonds. The quantitative estimate of drug-likeness (QED) is 0.827. The summed E-state index contributed by atoms with van der Waals surface area (Å²) in [5, 5.41) is 0. The number of piperidine rings is 1. The van der Waals surface area contributed by atoms with Crippen LogP contribution in [0, 0.1) is 0 Å². The molecule has 21 heavy (non-hydrogen) atoms. The predicted octanol–water partition coefficient (Wildman–Crippen LogP) is 4.02. The van der Waals surface area contributed by atoms with Crippen LogP contribution in [-0.2, 0) is 0 Å². The Morgan fingerprint density at radius 2 is 1.67 bits per heavy atom. The van der Waals surface area contributed by atoms with E-state index in [1.807, 2.05) is 0 Å². The molecule has 0 bridgehead atoms. The summed E-state index contributed by atoms with van der Waals surface area (Å²) in [6.07, 6.45) is 9.91. The second kappa shape index (κ2) is 6.00. The van der Waals surface area contributed by atoms with Gasteiger partial charge in [0, 0.05) is 30.7 Å². The van der Waals surface area contributed by atoms with E-state index in [2.05, 4.69) is 34.1 Å². The first-order valence-electron chi connectivity index (χ1n) is 9.01. The van der Waals surface area contributed by atoms with Crippen molar-refractivity contribution < 1.29 is 0 Å². The molecule has 0 spiro atoms. The Hall–Kier alpha value is -1.02. The van der Waals surface area contributed by atoms with Crippen molar-refractivity contribution in [3.05, 3.63) is 29.8 Å². The third-order valence-electron chi connectivity index (χ3n) is 5.88. The van der Waals surface area contributed by atoms with E-state index in [4.69, 9.17) is 0 Å². The van der Waals surface area contributed by atoms with E-state index in [1.165, 1.54) is 71.1 Å². The lowest BCUT2D eigenvalue weighted by Gasteiger charge is -2.36. The third kappa shape index (κ3) is 2.59. The average molecular weight is 284 g/mol. The number of likely N-dealkylation sites (tertiary alicyclic amines) is 1. The Morgan fingerprint density at radius 3 is 2.57 bits per heavy atom. The van der Waals surface area contributed by atoms with Crippen LogP contribution in [0.1, 0.15) is 56.4 Å². The van der Waals surface area contributed by atoms with E-state index >= 15 is 0 Å². The highest BCUT2D eigenvalue weighted by Crippen LogP contribution is 2.47. The number of nitrogens with zero attached hydrogens (tertiary/aromatic N) is 2. The largest absolute Gasteiger partial charge is 0.366 e. The van der Waals surface area contributed by atoms with Crippen molar-refractivity contribution in [3.8, 4) is 0 Å². The second-order valence-corrected chi connectivity index (χ2v) is 7.11. The minimum absolute atomic E-state index is 0.793. The Labute approximate surface area is 129 Å². The highest BCUT2D eigenvalue weighted by atomic mass is 15.2. The highest BCUT2D eigenvalue weighted by Gasteiger charge is 2.39. The molecule has 2 aliphatic heterocycles. The SMILES string of the molecule is c1ccc2c(c1)C1CCCCC1N2CCN1CCCCC1. The fourth-order valence-electron chi connectivity index (χ4n) is 4.81. The van der Waals surface area contributed by atoms with Crippen molar-refractivity contribution in [2.24, 2.45) is 0 Å². The molecule has 2 atom stereocenters. The van der Waals surface area contributed by atoms with Gasteiger partial charge in [-0.25, -0.2) is 0 Å². The van der Waals surface area contributed by atoms with E-state index in [-0.39, 0.29) is 0 Å². The van der Waals surface area contributed by atoms with Gasteiger partial charge in [0.05, 0.1) is 0 Å². The van der Waals surface area contributed by atoms with Crippen molar-refractivity contribution in [1.29, 1.82) is 0 Å². The van der Waals surface area contributed by atoms with Crippen molar-refractivity contribution in [2.45, 2.75) is 56.9 Å². The molecule has 3 aliphatic rings. The molecule has 1 aromatic carbocycles. The molecule has 0 N–H and O–H groups in total. The van der Waals surface area contributed by atoms with Crippen LogP contribution in [0.5, 0.6) is 0 Å². The standard InChI is InChI=1S/C19H28N2/c1-6-12-20(13-7-1)14-15-21-18-10-4-2-8-16(18)17-9-3-5-11-19(17)21/h2,4,8,10,17,19H,1,3,5-7,9,11-15H2. The maximum atomic E-state index is 2.76. The first kappa shape index (κ1) is 13.6. The Bertz CT molecular complexity index is 478. The fraction of sp³-hybridized carbons (Fsp3) is 0.684. The molecular weight excluding hydrogens is 256 g/mol. The number of rotatable bonds is 3. The number of fused-ring (bicyclic) bond motifs is 3. The Kier molecular flexibility index (Phi) is 3.89. The van der Waals surface area contributed by atoms with Crippen LogP contribution in [0.3, 0.4) is 0 Å². The Morgan fingerprint density at radius 1 is 0.857 bits per heavy atom. The van der Waals surface area contributed by atoms with Gasteiger partial charge in [0.25, 0.3) is 0 Å². The zero-order chi connectivity index (χ0) is 14.1. The molecule has 4 rings (SSSR count). The Balaban J connectivity index is 1.50. The summed E-state index contributed by atoms with van der Waals surface area (Å²) in [4.78, 5) is 5.44. The molecule has 0 radical (unpaired) electrons. The summed E-state index contributed by atoms with van der Waals surface area (Å²) in [5.74, 6) is 0.816. The van der Waals surface area contributed by atoms with Crippen LogP contribution < -0.4 is 4.90 Å². The van der Waals surface area contributed by atoms with E-state index in [1.54, 1.807) is 11.3 Å². The first-order valence-corrected chi connectivity index (χ1v) is 9.01. The molecule has 1 aromatic rings. The molecule has 2 fully saturated rings. The zero-order valence-electron chi connectivity index (χ0n) is 13.1. The van der Waals surface area contributed by atoms with Gasteiger partial charge in [0.1, 0.15) is 0 Å². The van der Waals surface area contributed by atoms with Crippen molar-refractivity contribution in [3.63, 3.8) is 0 Å². The van der Waals surface area contributed by atoms with Crippen LogP contribution in [0.25, 0.3) is 0 Å². The van der Waals surface area contributed by atoms with Crippen LogP contribution in [0.4, 0.5) is 5.69 Å². The van der Waals surface area contributed by atoms with Gasteiger partial charge in [-0.1, -0.05) is 37.5 Å². The number of benzene rings is 1. The maximum Gasteiger partial charge on any atom is 0.0405 e. The van der Waals surface area contributed by atoms with Gasteiger partial charge in [-0.05, 0) is 50.4 Å². The van der Waals surface area contributed by atoms with E-state index in [9.17, 15) is 0 Å². The molecular formula is C19H28N2. The fourth-order valence-corrected chi connectivity index (χ4v) is 4.81. The summed E-state index contributed by atoms with van der Waals surface area (Å²) in [5.41, 5.74) is 3.19. The highest BCUT2D eigenvalue weighted by molar-refractivity contribution is 5.62. The van der Waals surface area contributed by atoms with E-state index < -0.39 is 0 Å². The lowest BCUT2D eigenvalue weighted by molar-refractivity contribution is 0.230. The van der Waals surface area contributed by atoms with Gasteiger partial charge in [-0.3, -0.25) is 0 Å². The minimum atomic E-state index is 0.793. The van der Waals surface area contributed by atoms with Gasteiger partial charge in [-0.2, -0.15) is 0 Å².